The molecule has 0 saturated carbocycles. The first-order valence-electron chi connectivity index (χ1n) is 8.44. The van der Waals surface area contributed by atoms with Crippen molar-refractivity contribution in [1.82, 2.24) is 9.13 Å². The van der Waals surface area contributed by atoms with E-state index in [-0.39, 0.29) is 13.3 Å². The number of benzene rings is 1. The molecule has 1 aromatic carbocycles. The Morgan fingerprint density at radius 1 is 1.23 bits per heavy atom. The maximum Gasteiger partial charge on any atom is 0.335 e. The van der Waals surface area contributed by atoms with Crippen LogP contribution in [0.5, 0.6) is 0 Å². The first-order chi connectivity index (χ1) is 12.5. The molecule has 3 rings (SSSR count). The quantitative estimate of drug-likeness (QED) is 0.833. The summed E-state index contributed by atoms with van der Waals surface area (Å²) in [5, 5.41) is 9.86. The van der Waals surface area contributed by atoms with E-state index in [2.05, 4.69) is 0 Å². The predicted molar refractivity (Wildman–Crippen MR) is 91.3 cm³/mol. The standard InChI is InChI=1S/C18H21FN2O5/c1-2-13-16(23)15(19)17(26-13)20-9-8-14(22)21(18(20)24)11-25-10-12-6-4-3-5-7-12/h3-9,13,15-17,23H,2,10-11H2,1H3/t13-,15+,16?,17-/m1/s1. The molecule has 1 saturated heterocycles. The van der Waals surface area contributed by atoms with Crippen LogP contribution in [0.3, 0.4) is 0 Å². The van der Waals surface area contributed by atoms with Crippen molar-refractivity contribution in [3.05, 3.63) is 69.0 Å². The van der Waals surface area contributed by atoms with Gasteiger partial charge < -0.3 is 14.6 Å². The highest BCUT2D eigenvalue weighted by Crippen LogP contribution is 2.32. The maximum absolute atomic E-state index is 14.3. The fourth-order valence-corrected chi connectivity index (χ4v) is 2.94. The molecule has 0 spiro atoms. The molecular weight excluding hydrogens is 343 g/mol. The Morgan fingerprint density at radius 3 is 2.62 bits per heavy atom. The average Bonchev–Trinajstić information content (AvgIpc) is 2.93. The van der Waals surface area contributed by atoms with Crippen LogP contribution in [-0.2, 0) is 22.8 Å². The third-order valence-electron chi connectivity index (χ3n) is 4.40. The second kappa shape index (κ2) is 7.94. The normalized spacial score (nSPS) is 25.5. The first kappa shape index (κ1) is 18.5. The molecule has 1 N–H and O–H groups in total. The van der Waals surface area contributed by atoms with Crippen molar-refractivity contribution in [3.63, 3.8) is 0 Å². The summed E-state index contributed by atoms with van der Waals surface area (Å²) in [6, 6.07) is 10.5. The Balaban J connectivity index is 1.79. The van der Waals surface area contributed by atoms with Crippen molar-refractivity contribution in [2.45, 2.75) is 51.3 Å². The molecule has 140 valence electrons. The molecule has 0 radical (unpaired) electrons. The third-order valence-corrected chi connectivity index (χ3v) is 4.40. The zero-order valence-corrected chi connectivity index (χ0v) is 14.3. The second-order valence-electron chi connectivity index (χ2n) is 6.14. The molecule has 4 atom stereocenters. The molecular formula is C18H21FN2O5. The molecule has 1 fully saturated rings. The summed E-state index contributed by atoms with van der Waals surface area (Å²) in [5.74, 6) is 0. The molecule has 0 bridgehead atoms. The number of hydrogen-bond donors (Lipinski definition) is 1. The van der Waals surface area contributed by atoms with Gasteiger partial charge in [0.25, 0.3) is 5.56 Å². The summed E-state index contributed by atoms with van der Waals surface area (Å²) in [4.78, 5) is 24.6. The molecule has 0 aliphatic carbocycles. The van der Waals surface area contributed by atoms with Crippen LogP contribution < -0.4 is 11.2 Å². The Morgan fingerprint density at radius 2 is 1.96 bits per heavy atom. The maximum atomic E-state index is 14.3. The van der Waals surface area contributed by atoms with Gasteiger partial charge in [0.05, 0.1) is 12.7 Å². The minimum atomic E-state index is -1.76. The van der Waals surface area contributed by atoms with E-state index >= 15 is 0 Å². The molecule has 8 heteroatoms. The SMILES string of the molecule is CC[C@H]1O[C@@H](n2ccc(=O)n(COCc3ccccc3)c2=O)[C@@H](F)C1O. The first-order valence-corrected chi connectivity index (χ1v) is 8.44. The average molecular weight is 364 g/mol. The van der Waals surface area contributed by atoms with Crippen molar-refractivity contribution in [2.24, 2.45) is 0 Å². The lowest BCUT2D eigenvalue weighted by Crippen LogP contribution is -2.42. The minimum absolute atomic E-state index is 0.226. The lowest BCUT2D eigenvalue weighted by molar-refractivity contribution is -0.0303. The molecule has 7 nitrogen and oxygen atoms in total. The van der Waals surface area contributed by atoms with Gasteiger partial charge in [-0.3, -0.25) is 9.36 Å². The number of rotatable bonds is 6. The molecule has 1 aromatic heterocycles. The highest BCUT2D eigenvalue weighted by Gasteiger charge is 2.44. The van der Waals surface area contributed by atoms with Gasteiger partial charge in [-0.2, -0.15) is 0 Å². The molecule has 1 aliphatic rings. The van der Waals surface area contributed by atoms with E-state index in [0.717, 1.165) is 20.8 Å². The number of aliphatic hydroxyl groups excluding tert-OH is 1. The number of hydrogen-bond acceptors (Lipinski definition) is 5. The van der Waals surface area contributed by atoms with Crippen LogP contribution in [0.25, 0.3) is 0 Å². The van der Waals surface area contributed by atoms with Crippen molar-refractivity contribution < 1.29 is 19.0 Å². The number of ether oxygens (including phenoxy) is 2. The molecule has 26 heavy (non-hydrogen) atoms. The van der Waals surface area contributed by atoms with Crippen molar-refractivity contribution in [3.8, 4) is 0 Å². The van der Waals surface area contributed by atoms with Gasteiger partial charge in [-0.15, -0.1) is 0 Å². The fourth-order valence-electron chi connectivity index (χ4n) is 2.94. The molecule has 2 heterocycles. The Kier molecular flexibility index (Phi) is 5.65. The smallest absolute Gasteiger partial charge is 0.335 e. The van der Waals surface area contributed by atoms with Gasteiger partial charge in [0.15, 0.2) is 12.4 Å². The van der Waals surface area contributed by atoms with E-state index < -0.39 is 35.9 Å². The molecule has 1 aliphatic heterocycles. The van der Waals surface area contributed by atoms with Crippen LogP contribution >= 0.6 is 0 Å². The highest BCUT2D eigenvalue weighted by molar-refractivity contribution is 5.13. The summed E-state index contributed by atoms with van der Waals surface area (Å²) in [5.41, 5.74) is -0.406. The number of aliphatic hydroxyl groups is 1. The molecule has 1 unspecified atom stereocenters. The van der Waals surface area contributed by atoms with Gasteiger partial charge in [-0.25, -0.2) is 13.8 Å². The lowest BCUT2D eigenvalue weighted by Gasteiger charge is -2.17. The van der Waals surface area contributed by atoms with Gasteiger partial charge >= 0.3 is 5.69 Å². The van der Waals surface area contributed by atoms with E-state index in [0.29, 0.717) is 6.42 Å². The van der Waals surface area contributed by atoms with Crippen molar-refractivity contribution in [1.29, 1.82) is 0 Å². The summed E-state index contributed by atoms with van der Waals surface area (Å²) < 4.78 is 27.1. The van der Waals surface area contributed by atoms with E-state index in [1.165, 1.54) is 6.20 Å². The van der Waals surface area contributed by atoms with Crippen LogP contribution in [-0.4, -0.2) is 32.6 Å². The van der Waals surface area contributed by atoms with Crippen molar-refractivity contribution in [2.75, 3.05) is 0 Å². The van der Waals surface area contributed by atoms with Crippen LogP contribution in [0.4, 0.5) is 4.39 Å². The van der Waals surface area contributed by atoms with E-state index in [9.17, 15) is 19.1 Å². The van der Waals surface area contributed by atoms with Gasteiger partial charge in [0, 0.05) is 12.3 Å². The van der Waals surface area contributed by atoms with Crippen LogP contribution in [0.1, 0.15) is 25.1 Å². The van der Waals surface area contributed by atoms with Crippen LogP contribution in [0.2, 0.25) is 0 Å². The summed E-state index contributed by atoms with van der Waals surface area (Å²) >= 11 is 0. The lowest BCUT2D eigenvalue weighted by atomic mass is 10.1. The Labute approximate surface area is 149 Å². The number of halogens is 1. The van der Waals surface area contributed by atoms with Gasteiger partial charge in [0.2, 0.25) is 0 Å². The van der Waals surface area contributed by atoms with Crippen molar-refractivity contribution >= 4 is 0 Å². The van der Waals surface area contributed by atoms with Crippen LogP contribution in [0, 0.1) is 0 Å². The number of alkyl halides is 1. The van der Waals surface area contributed by atoms with Gasteiger partial charge in [0.1, 0.15) is 12.8 Å². The van der Waals surface area contributed by atoms with E-state index in [1.807, 2.05) is 30.3 Å². The summed E-state index contributed by atoms with van der Waals surface area (Å²) in [7, 11) is 0. The predicted octanol–water partition coefficient (Wildman–Crippen LogP) is 1.19. The summed E-state index contributed by atoms with van der Waals surface area (Å²) in [6.07, 6.45) is -3.45. The van der Waals surface area contributed by atoms with Gasteiger partial charge in [-0.05, 0) is 12.0 Å². The molecule has 2 aromatic rings. The zero-order chi connectivity index (χ0) is 18.7. The second-order valence-corrected chi connectivity index (χ2v) is 6.14. The minimum Gasteiger partial charge on any atom is -0.387 e. The number of nitrogens with zero attached hydrogens (tertiary/aromatic N) is 2. The molecule has 0 amide bonds. The highest BCUT2D eigenvalue weighted by atomic mass is 19.1. The largest absolute Gasteiger partial charge is 0.387 e. The Bertz CT molecular complexity index is 851. The van der Waals surface area contributed by atoms with Gasteiger partial charge in [-0.1, -0.05) is 37.3 Å². The van der Waals surface area contributed by atoms with E-state index in [4.69, 9.17) is 9.47 Å². The monoisotopic (exact) mass is 364 g/mol. The number of aromatic nitrogens is 2. The summed E-state index contributed by atoms with van der Waals surface area (Å²) in [6.45, 7) is 1.71. The van der Waals surface area contributed by atoms with E-state index in [1.54, 1.807) is 6.92 Å². The zero-order valence-electron chi connectivity index (χ0n) is 14.3. The fraction of sp³-hybridized carbons (Fsp3) is 0.444. The topological polar surface area (TPSA) is 82.7 Å². The van der Waals surface area contributed by atoms with Crippen LogP contribution in [0.15, 0.2) is 52.2 Å². The Hall–Kier alpha value is -2.29. The third kappa shape index (κ3) is 3.62.